The normalized spacial score (nSPS) is 12.2. The first-order chi connectivity index (χ1) is 9.51. The maximum atomic E-state index is 13.3. The lowest BCUT2D eigenvalue weighted by Crippen LogP contribution is -2.05. The van der Waals surface area contributed by atoms with Gasteiger partial charge in [-0.05, 0) is 37.6 Å². The van der Waals surface area contributed by atoms with Crippen LogP contribution in [0.4, 0.5) is 15.8 Å². The molecule has 4 nitrogen and oxygen atoms in total. The van der Waals surface area contributed by atoms with Gasteiger partial charge in [0.15, 0.2) is 0 Å². The Kier molecular flexibility index (Phi) is 4.34. The fraction of sp³-hybridized carbons (Fsp3) is 0.286. The molecule has 0 amide bonds. The van der Waals surface area contributed by atoms with Gasteiger partial charge in [0.1, 0.15) is 0 Å². The summed E-state index contributed by atoms with van der Waals surface area (Å²) in [4.78, 5) is 12.4. The number of thiophene rings is 1. The van der Waals surface area contributed by atoms with Crippen LogP contribution in [0.1, 0.15) is 29.6 Å². The van der Waals surface area contributed by atoms with E-state index in [2.05, 4.69) is 18.3 Å². The Balaban J connectivity index is 2.17. The lowest BCUT2D eigenvalue weighted by atomic mass is 10.2. The van der Waals surface area contributed by atoms with Crippen molar-refractivity contribution in [1.29, 1.82) is 0 Å². The number of halogens is 1. The molecule has 0 aliphatic heterocycles. The summed E-state index contributed by atoms with van der Waals surface area (Å²) < 4.78 is 13.3. The molecule has 0 saturated carbocycles. The molecule has 0 bridgehead atoms. The van der Waals surface area contributed by atoms with E-state index in [1.165, 1.54) is 17.0 Å². The molecule has 1 unspecified atom stereocenters. The van der Waals surface area contributed by atoms with Crippen molar-refractivity contribution in [3.05, 3.63) is 56.0 Å². The molecule has 0 aliphatic rings. The monoisotopic (exact) mass is 294 g/mol. The van der Waals surface area contributed by atoms with E-state index in [-0.39, 0.29) is 6.04 Å². The molecular weight excluding hydrogens is 279 g/mol. The lowest BCUT2D eigenvalue weighted by molar-refractivity contribution is -0.387. The quantitative estimate of drug-likeness (QED) is 0.651. The van der Waals surface area contributed by atoms with E-state index >= 15 is 0 Å². The maximum absolute atomic E-state index is 13.3. The van der Waals surface area contributed by atoms with E-state index in [1.807, 2.05) is 13.0 Å². The second kappa shape index (κ2) is 6.00. The van der Waals surface area contributed by atoms with E-state index < -0.39 is 16.4 Å². The van der Waals surface area contributed by atoms with Crippen LogP contribution in [0.15, 0.2) is 30.3 Å². The molecule has 2 rings (SSSR count). The zero-order valence-electron chi connectivity index (χ0n) is 11.2. The first-order valence-electron chi connectivity index (χ1n) is 6.30. The molecule has 0 spiro atoms. The molecule has 2 aromatic rings. The molecule has 1 aromatic carbocycles. The molecule has 106 valence electrons. The van der Waals surface area contributed by atoms with Crippen molar-refractivity contribution < 1.29 is 9.31 Å². The number of nitrogens with zero attached hydrogens (tertiary/aromatic N) is 1. The van der Waals surface area contributed by atoms with Crippen molar-refractivity contribution in [3.63, 3.8) is 0 Å². The number of hydrogen-bond acceptors (Lipinski definition) is 4. The van der Waals surface area contributed by atoms with Gasteiger partial charge in [0.05, 0.1) is 11.0 Å². The molecular formula is C14H15FN2O2S. The third-order valence-electron chi connectivity index (χ3n) is 2.98. The molecule has 20 heavy (non-hydrogen) atoms. The van der Waals surface area contributed by atoms with Gasteiger partial charge in [-0.15, -0.1) is 11.3 Å². The van der Waals surface area contributed by atoms with Gasteiger partial charge in [-0.1, -0.05) is 6.92 Å². The number of rotatable bonds is 5. The highest BCUT2D eigenvalue weighted by atomic mass is 32.1. The summed E-state index contributed by atoms with van der Waals surface area (Å²) >= 11 is 1.70. The first kappa shape index (κ1) is 14.5. The number of aryl methyl sites for hydroxylation is 1. The molecule has 0 fully saturated rings. The Morgan fingerprint density at radius 2 is 2.15 bits per heavy atom. The van der Waals surface area contributed by atoms with Crippen LogP contribution >= 0.6 is 11.3 Å². The summed E-state index contributed by atoms with van der Waals surface area (Å²) in [7, 11) is 0. The van der Waals surface area contributed by atoms with Crippen molar-refractivity contribution in [2.45, 2.75) is 26.3 Å². The van der Waals surface area contributed by atoms with Gasteiger partial charge in [-0.3, -0.25) is 10.1 Å². The number of anilines is 1. The van der Waals surface area contributed by atoms with Crippen LogP contribution in [0, 0.1) is 15.9 Å². The average Bonchev–Trinajstić information content (AvgIpc) is 2.89. The van der Waals surface area contributed by atoms with Gasteiger partial charge in [0.2, 0.25) is 5.82 Å². The van der Waals surface area contributed by atoms with Crippen LogP contribution < -0.4 is 5.32 Å². The minimum absolute atomic E-state index is 0.0189. The molecule has 1 aromatic heterocycles. The van der Waals surface area contributed by atoms with E-state index in [9.17, 15) is 14.5 Å². The third kappa shape index (κ3) is 3.14. The van der Waals surface area contributed by atoms with Crippen molar-refractivity contribution in [2.75, 3.05) is 5.32 Å². The molecule has 0 saturated heterocycles. The van der Waals surface area contributed by atoms with Crippen LogP contribution in [0.25, 0.3) is 0 Å². The molecule has 1 atom stereocenters. The summed E-state index contributed by atoms with van der Waals surface area (Å²) in [5.74, 6) is -0.822. The van der Waals surface area contributed by atoms with Gasteiger partial charge in [-0.2, -0.15) is 4.39 Å². The fourth-order valence-corrected chi connectivity index (χ4v) is 2.84. The number of benzene rings is 1. The van der Waals surface area contributed by atoms with Gasteiger partial charge in [0, 0.05) is 21.5 Å². The second-order valence-electron chi connectivity index (χ2n) is 4.45. The van der Waals surface area contributed by atoms with E-state index in [0.29, 0.717) is 5.69 Å². The predicted molar refractivity (Wildman–Crippen MR) is 78.8 cm³/mol. The summed E-state index contributed by atoms with van der Waals surface area (Å²) in [5.41, 5.74) is 0.0275. The van der Waals surface area contributed by atoms with Crippen molar-refractivity contribution >= 4 is 22.7 Å². The van der Waals surface area contributed by atoms with Crippen LogP contribution in [-0.2, 0) is 6.42 Å². The van der Waals surface area contributed by atoms with Gasteiger partial charge >= 0.3 is 5.69 Å². The summed E-state index contributed by atoms with van der Waals surface area (Å²) in [6, 6.07) is 7.97. The predicted octanol–water partition coefficient (Wildman–Crippen LogP) is 4.53. The number of nitro groups is 1. The Labute approximate surface area is 120 Å². The highest BCUT2D eigenvalue weighted by molar-refractivity contribution is 7.12. The third-order valence-corrected chi connectivity index (χ3v) is 4.40. The highest BCUT2D eigenvalue weighted by Crippen LogP contribution is 2.28. The summed E-state index contributed by atoms with van der Waals surface area (Å²) in [6.45, 7) is 4.07. The van der Waals surface area contributed by atoms with Crippen LogP contribution in [0.2, 0.25) is 0 Å². The van der Waals surface area contributed by atoms with Crippen molar-refractivity contribution in [1.82, 2.24) is 0 Å². The Hall–Kier alpha value is -1.95. The highest BCUT2D eigenvalue weighted by Gasteiger charge is 2.16. The average molecular weight is 294 g/mol. The largest absolute Gasteiger partial charge is 0.377 e. The fourth-order valence-electron chi connectivity index (χ4n) is 1.88. The maximum Gasteiger partial charge on any atom is 0.306 e. The van der Waals surface area contributed by atoms with Crippen LogP contribution in [0.3, 0.4) is 0 Å². The zero-order valence-corrected chi connectivity index (χ0v) is 12.0. The van der Waals surface area contributed by atoms with E-state index in [0.717, 1.165) is 17.4 Å². The van der Waals surface area contributed by atoms with E-state index in [1.54, 1.807) is 11.3 Å². The Bertz CT molecular complexity index is 627. The smallest absolute Gasteiger partial charge is 0.306 e. The summed E-state index contributed by atoms with van der Waals surface area (Å²) in [6.07, 6.45) is 0.986. The van der Waals surface area contributed by atoms with Crippen LogP contribution in [-0.4, -0.2) is 4.92 Å². The SMILES string of the molecule is CCc1ccc(C(C)Nc2ccc(F)c([N+](=O)[O-])c2)s1. The molecule has 1 heterocycles. The van der Waals surface area contributed by atoms with Crippen LogP contribution in [0.5, 0.6) is 0 Å². The first-order valence-corrected chi connectivity index (χ1v) is 7.12. The Morgan fingerprint density at radius 3 is 2.75 bits per heavy atom. The van der Waals surface area contributed by atoms with E-state index in [4.69, 9.17) is 0 Å². The van der Waals surface area contributed by atoms with Crippen molar-refractivity contribution in [2.24, 2.45) is 0 Å². The lowest BCUT2D eigenvalue weighted by Gasteiger charge is -2.13. The van der Waals surface area contributed by atoms with Gasteiger partial charge in [0.25, 0.3) is 0 Å². The Morgan fingerprint density at radius 1 is 1.40 bits per heavy atom. The second-order valence-corrected chi connectivity index (χ2v) is 5.65. The molecule has 0 aliphatic carbocycles. The number of hydrogen-bond donors (Lipinski definition) is 1. The zero-order chi connectivity index (χ0) is 14.7. The van der Waals surface area contributed by atoms with Gasteiger partial charge < -0.3 is 5.32 Å². The molecule has 1 N–H and O–H groups in total. The van der Waals surface area contributed by atoms with Gasteiger partial charge in [-0.25, -0.2) is 0 Å². The minimum Gasteiger partial charge on any atom is -0.377 e. The van der Waals surface area contributed by atoms with Crippen molar-refractivity contribution in [3.8, 4) is 0 Å². The summed E-state index contributed by atoms with van der Waals surface area (Å²) in [5, 5.41) is 13.9. The molecule has 6 heteroatoms. The standard InChI is InChI=1S/C14H15FN2O2S/c1-3-11-5-7-14(20-11)9(2)16-10-4-6-12(15)13(8-10)17(18)19/h4-9,16H,3H2,1-2H3. The number of nitro benzene ring substituents is 1. The minimum atomic E-state index is -0.822. The number of nitrogens with one attached hydrogen (secondary N) is 1. The topological polar surface area (TPSA) is 55.2 Å². The molecule has 0 radical (unpaired) electrons.